The molecule has 168 valence electrons. The fraction of sp³-hybridized carbons (Fsp3) is 0.619. The molecule has 0 bridgehead atoms. The second-order valence-electron chi connectivity index (χ2n) is 8.68. The highest BCUT2D eigenvalue weighted by Gasteiger charge is 2.40. The number of hydrogen-bond donors (Lipinski definition) is 0. The van der Waals surface area contributed by atoms with Crippen LogP contribution in [0, 0.1) is 12.8 Å². The summed E-state index contributed by atoms with van der Waals surface area (Å²) in [5, 5.41) is 8.00. The third kappa shape index (κ3) is 5.23. The van der Waals surface area contributed by atoms with Gasteiger partial charge in [-0.1, -0.05) is 6.92 Å². The van der Waals surface area contributed by atoms with Crippen molar-refractivity contribution in [3.63, 3.8) is 0 Å². The smallest absolute Gasteiger partial charge is 0.422 e. The van der Waals surface area contributed by atoms with E-state index in [0.29, 0.717) is 37.0 Å². The molecule has 3 heterocycles. The molecular formula is C21H24F3N3O4. The van der Waals surface area contributed by atoms with E-state index in [-0.39, 0.29) is 35.5 Å². The zero-order valence-electron chi connectivity index (χ0n) is 17.4. The van der Waals surface area contributed by atoms with Gasteiger partial charge in [0.05, 0.1) is 18.6 Å². The van der Waals surface area contributed by atoms with E-state index in [1.165, 1.54) is 12.3 Å². The molecule has 1 saturated carbocycles. The number of Topliss-reactive ketones (excluding diaryl/α,β-unsaturated/α-hetero) is 1. The Kier molecular flexibility index (Phi) is 5.76. The van der Waals surface area contributed by atoms with E-state index in [4.69, 9.17) is 13.9 Å². The lowest BCUT2D eigenvalue weighted by Gasteiger charge is -2.34. The number of aryl methyl sites for hydroxylation is 1. The second kappa shape index (κ2) is 8.22. The molecule has 2 fully saturated rings. The van der Waals surface area contributed by atoms with Crippen molar-refractivity contribution in [3.8, 4) is 5.75 Å². The van der Waals surface area contributed by atoms with Gasteiger partial charge in [0.2, 0.25) is 11.8 Å². The van der Waals surface area contributed by atoms with Crippen LogP contribution in [0.15, 0.2) is 16.7 Å². The summed E-state index contributed by atoms with van der Waals surface area (Å²) in [7, 11) is 0. The summed E-state index contributed by atoms with van der Waals surface area (Å²) in [6, 6.07) is 1.33. The van der Waals surface area contributed by atoms with Gasteiger partial charge < -0.3 is 13.9 Å². The van der Waals surface area contributed by atoms with Gasteiger partial charge in [0.15, 0.2) is 12.4 Å². The summed E-state index contributed by atoms with van der Waals surface area (Å²) in [4.78, 5) is 17.4. The summed E-state index contributed by atoms with van der Waals surface area (Å²) in [5.41, 5.74) is -0.0621. The van der Waals surface area contributed by atoms with E-state index in [1.54, 1.807) is 6.92 Å². The fourth-order valence-electron chi connectivity index (χ4n) is 3.85. The minimum absolute atomic E-state index is 0.0274. The van der Waals surface area contributed by atoms with Crippen molar-refractivity contribution in [2.24, 2.45) is 5.92 Å². The minimum Gasteiger partial charge on any atom is -0.484 e. The molecule has 2 aliphatic rings. The van der Waals surface area contributed by atoms with Crippen LogP contribution in [0.3, 0.4) is 0 Å². The number of rotatable bonds is 9. The number of aromatic nitrogens is 3. The first kappa shape index (κ1) is 21.7. The molecule has 7 nitrogen and oxygen atoms in total. The third-order valence-electron chi connectivity index (χ3n) is 5.63. The van der Waals surface area contributed by atoms with E-state index < -0.39 is 18.2 Å². The Morgan fingerprint density at radius 1 is 1.26 bits per heavy atom. The van der Waals surface area contributed by atoms with Gasteiger partial charge in [-0.15, -0.1) is 10.2 Å². The number of hydrogen-bond acceptors (Lipinski definition) is 7. The fourth-order valence-corrected chi connectivity index (χ4v) is 3.85. The SMILES string of the molecule is Cc1nnc(C(C)(CC(=O)c2cc(OCC(F)(F)F)c(C3CC3)cn2)CC2COC2)o1. The maximum absolute atomic E-state index is 13.1. The first-order valence-electron chi connectivity index (χ1n) is 10.2. The largest absolute Gasteiger partial charge is 0.484 e. The Bertz CT molecular complexity index is 954. The Morgan fingerprint density at radius 3 is 2.55 bits per heavy atom. The summed E-state index contributed by atoms with van der Waals surface area (Å²) >= 11 is 0. The Labute approximate surface area is 177 Å². The first-order chi connectivity index (χ1) is 14.6. The van der Waals surface area contributed by atoms with Crippen LogP contribution in [0.4, 0.5) is 13.2 Å². The maximum Gasteiger partial charge on any atom is 0.422 e. The van der Waals surface area contributed by atoms with Crippen molar-refractivity contribution in [2.45, 2.75) is 57.0 Å². The molecule has 1 aliphatic heterocycles. The van der Waals surface area contributed by atoms with Crippen molar-refractivity contribution in [3.05, 3.63) is 35.3 Å². The number of nitrogens with zero attached hydrogens (tertiary/aromatic N) is 3. The molecule has 0 N–H and O–H groups in total. The van der Waals surface area contributed by atoms with Crippen LogP contribution in [-0.4, -0.2) is 47.0 Å². The van der Waals surface area contributed by atoms with Crippen molar-refractivity contribution < 1.29 is 31.9 Å². The maximum atomic E-state index is 13.1. The van der Waals surface area contributed by atoms with Gasteiger partial charge in [0, 0.05) is 37.1 Å². The predicted octanol–water partition coefficient (Wildman–Crippen LogP) is 4.16. The number of ether oxygens (including phenoxy) is 2. The highest BCUT2D eigenvalue weighted by molar-refractivity contribution is 5.95. The highest BCUT2D eigenvalue weighted by atomic mass is 19.4. The second-order valence-corrected chi connectivity index (χ2v) is 8.68. The molecule has 4 rings (SSSR count). The van der Waals surface area contributed by atoms with Crippen LogP contribution < -0.4 is 4.74 Å². The predicted molar refractivity (Wildman–Crippen MR) is 102 cm³/mol. The number of alkyl halides is 3. The van der Waals surface area contributed by atoms with Gasteiger partial charge in [-0.25, -0.2) is 0 Å². The zero-order valence-corrected chi connectivity index (χ0v) is 17.4. The number of halogens is 3. The lowest BCUT2D eigenvalue weighted by Crippen LogP contribution is -2.37. The van der Waals surface area contributed by atoms with Crippen LogP contribution in [0.1, 0.15) is 66.4 Å². The molecule has 31 heavy (non-hydrogen) atoms. The molecule has 10 heteroatoms. The van der Waals surface area contributed by atoms with Gasteiger partial charge in [0.1, 0.15) is 11.4 Å². The summed E-state index contributed by atoms with van der Waals surface area (Å²) in [6.07, 6.45) is -0.625. The van der Waals surface area contributed by atoms with E-state index in [0.717, 1.165) is 12.8 Å². The monoisotopic (exact) mass is 439 g/mol. The zero-order chi connectivity index (χ0) is 22.2. The van der Waals surface area contributed by atoms with Crippen molar-refractivity contribution in [1.29, 1.82) is 0 Å². The minimum atomic E-state index is -4.46. The molecule has 1 saturated heterocycles. The van der Waals surface area contributed by atoms with Crippen LogP contribution in [-0.2, 0) is 10.2 Å². The quantitative estimate of drug-likeness (QED) is 0.542. The normalized spacial score (nSPS) is 19.0. The van der Waals surface area contributed by atoms with Gasteiger partial charge in [-0.2, -0.15) is 13.2 Å². The number of ketones is 1. The molecular weight excluding hydrogens is 415 g/mol. The molecule has 1 aliphatic carbocycles. The molecule has 0 spiro atoms. The van der Waals surface area contributed by atoms with E-state index in [2.05, 4.69) is 15.2 Å². The molecule has 1 atom stereocenters. The lowest BCUT2D eigenvalue weighted by molar-refractivity contribution is -0.153. The molecule has 0 aromatic carbocycles. The molecule has 0 amide bonds. The lowest BCUT2D eigenvalue weighted by atomic mass is 9.76. The van der Waals surface area contributed by atoms with E-state index in [9.17, 15) is 18.0 Å². The average Bonchev–Trinajstić information content (AvgIpc) is 3.42. The molecule has 2 aromatic heterocycles. The average molecular weight is 439 g/mol. The standard InChI is InChI=1S/C21H24F3N3O4/c1-12-26-27-19(31-12)20(2,6-13-9-29-10-13)7-17(28)16-5-18(30-11-21(22,23)24)15(8-25-16)14-3-4-14/h5,8,13-14H,3-4,6-7,9-11H2,1-2H3. The Balaban J connectivity index is 1.56. The van der Waals surface area contributed by atoms with Gasteiger partial charge >= 0.3 is 6.18 Å². The first-order valence-corrected chi connectivity index (χ1v) is 10.2. The van der Waals surface area contributed by atoms with Crippen molar-refractivity contribution in [1.82, 2.24) is 15.2 Å². The molecule has 2 aromatic rings. The van der Waals surface area contributed by atoms with Gasteiger partial charge in [0.25, 0.3) is 0 Å². The van der Waals surface area contributed by atoms with Crippen LogP contribution in [0.5, 0.6) is 5.75 Å². The van der Waals surface area contributed by atoms with Crippen LogP contribution >= 0.6 is 0 Å². The molecule has 0 radical (unpaired) electrons. The van der Waals surface area contributed by atoms with Crippen molar-refractivity contribution >= 4 is 5.78 Å². The van der Waals surface area contributed by atoms with Gasteiger partial charge in [-0.3, -0.25) is 9.78 Å². The molecule has 1 unspecified atom stereocenters. The highest BCUT2D eigenvalue weighted by Crippen LogP contribution is 2.44. The summed E-state index contributed by atoms with van der Waals surface area (Å²) in [5.74, 6) is 0.895. The Hall–Kier alpha value is -2.49. The van der Waals surface area contributed by atoms with Crippen LogP contribution in [0.25, 0.3) is 0 Å². The topological polar surface area (TPSA) is 87.3 Å². The summed E-state index contributed by atoms with van der Waals surface area (Å²) in [6.45, 7) is 3.33. The summed E-state index contributed by atoms with van der Waals surface area (Å²) < 4.78 is 53.9. The Morgan fingerprint density at radius 2 is 2.00 bits per heavy atom. The van der Waals surface area contributed by atoms with Crippen molar-refractivity contribution in [2.75, 3.05) is 19.8 Å². The van der Waals surface area contributed by atoms with E-state index in [1.807, 2.05) is 6.92 Å². The number of pyridine rings is 1. The van der Waals surface area contributed by atoms with Gasteiger partial charge in [-0.05, 0) is 25.2 Å². The van der Waals surface area contributed by atoms with Crippen LogP contribution in [0.2, 0.25) is 0 Å². The third-order valence-corrected chi connectivity index (χ3v) is 5.63. The number of carbonyl (C=O) groups excluding carboxylic acids is 1. The number of carbonyl (C=O) groups is 1. The van der Waals surface area contributed by atoms with E-state index >= 15 is 0 Å².